The maximum absolute atomic E-state index is 12.4. The summed E-state index contributed by atoms with van der Waals surface area (Å²) < 4.78 is 24.5. The number of benzene rings is 1. The topological polar surface area (TPSA) is 66.5 Å². The van der Waals surface area contributed by atoms with E-state index in [-0.39, 0.29) is 29.0 Å². The molecule has 1 amide bonds. The number of rotatable bonds is 3. The van der Waals surface area contributed by atoms with Crippen LogP contribution in [0.3, 0.4) is 0 Å². The van der Waals surface area contributed by atoms with Crippen LogP contribution in [0.2, 0.25) is 0 Å². The Kier molecular flexibility index (Phi) is 4.66. The molecular formula is C17H23ClN2O3S. The molecule has 0 radical (unpaired) electrons. The maximum atomic E-state index is 12.4. The van der Waals surface area contributed by atoms with Gasteiger partial charge in [-0.3, -0.25) is 4.79 Å². The zero-order valence-electron chi connectivity index (χ0n) is 13.5. The van der Waals surface area contributed by atoms with Crippen LogP contribution in [0, 0.1) is 5.41 Å². The van der Waals surface area contributed by atoms with E-state index < -0.39 is 9.84 Å². The van der Waals surface area contributed by atoms with Crippen LogP contribution in [0.4, 0.5) is 5.69 Å². The molecule has 1 aliphatic carbocycles. The molecule has 24 heavy (non-hydrogen) atoms. The lowest BCUT2D eigenvalue weighted by molar-refractivity contribution is -0.117. The molecule has 0 atom stereocenters. The van der Waals surface area contributed by atoms with Crippen LogP contribution in [0.15, 0.2) is 29.2 Å². The monoisotopic (exact) mass is 370 g/mol. The predicted octanol–water partition coefficient (Wildman–Crippen LogP) is 2.15. The lowest BCUT2D eigenvalue weighted by atomic mass is 9.78. The number of amides is 1. The molecule has 1 aromatic carbocycles. The van der Waals surface area contributed by atoms with Crippen LogP contribution < -0.4 is 10.2 Å². The highest BCUT2D eigenvalue weighted by molar-refractivity contribution is 7.92. The van der Waals surface area contributed by atoms with Crippen LogP contribution in [0.5, 0.6) is 0 Å². The SMILES string of the molecule is Cl.O=C1CC2(CCNCC2)CN1c1ccc(S(=O)(=O)C2CC2)cc1. The summed E-state index contributed by atoms with van der Waals surface area (Å²) in [5, 5.41) is 3.15. The van der Waals surface area contributed by atoms with Crippen LogP contribution in [-0.2, 0) is 14.6 Å². The van der Waals surface area contributed by atoms with Gasteiger partial charge in [0, 0.05) is 18.7 Å². The molecule has 132 valence electrons. The van der Waals surface area contributed by atoms with Crippen molar-refractivity contribution in [1.82, 2.24) is 5.32 Å². The van der Waals surface area contributed by atoms with E-state index in [4.69, 9.17) is 0 Å². The third-order valence-electron chi connectivity index (χ3n) is 5.43. The molecule has 0 bridgehead atoms. The molecule has 1 aromatic rings. The molecule has 4 rings (SSSR count). The summed E-state index contributed by atoms with van der Waals surface area (Å²) in [6, 6.07) is 6.88. The minimum atomic E-state index is -3.16. The van der Waals surface area contributed by atoms with E-state index in [9.17, 15) is 13.2 Å². The molecule has 3 fully saturated rings. The summed E-state index contributed by atoms with van der Waals surface area (Å²) in [6.07, 6.45) is 4.21. The van der Waals surface area contributed by atoms with E-state index in [0.29, 0.717) is 11.3 Å². The largest absolute Gasteiger partial charge is 0.317 e. The Morgan fingerprint density at radius 2 is 1.71 bits per heavy atom. The van der Waals surface area contributed by atoms with E-state index in [1.807, 2.05) is 4.90 Å². The molecule has 0 aromatic heterocycles. The molecule has 2 heterocycles. The molecule has 2 saturated heterocycles. The second-order valence-corrected chi connectivity index (χ2v) is 9.37. The Morgan fingerprint density at radius 3 is 2.29 bits per heavy atom. The van der Waals surface area contributed by atoms with Crippen molar-refractivity contribution in [2.24, 2.45) is 5.41 Å². The Hall–Kier alpha value is -1.11. The van der Waals surface area contributed by atoms with Crippen LogP contribution in [0.25, 0.3) is 0 Å². The summed E-state index contributed by atoms with van der Waals surface area (Å²) in [7, 11) is -3.16. The van der Waals surface area contributed by atoms with E-state index in [2.05, 4.69) is 5.32 Å². The number of piperidine rings is 1. The van der Waals surface area contributed by atoms with E-state index in [1.54, 1.807) is 24.3 Å². The van der Waals surface area contributed by atoms with Gasteiger partial charge in [0.1, 0.15) is 0 Å². The van der Waals surface area contributed by atoms with Gasteiger partial charge in [0.05, 0.1) is 10.1 Å². The fourth-order valence-corrected chi connectivity index (χ4v) is 5.47. The number of carbonyl (C=O) groups is 1. The second-order valence-electron chi connectivity index (χ2n) is 7.14. The zero-order chi connectivity index (χ0) is 16.1. The van der Waals surface area contributed by atoms with Crippen molar-refractivity contribution < 1.29 is 13.2 Å². The van der Waals surface area contributed by atoms with Crippen molar-refractivity contribution in [2.75, 3.05) is 24.5 Å². The molecule has 7 heteroatoms. The van der Waals surface area contributed by atoms with Gasteiger partial charge < -0.3 is 10.2 Å². The quantitative estimate of drug-likeness (QED) is 0.885. The minimum absolute atomic E-state index is 0. The number of halogens is 1. The summed E-state index contributed by atoms with van der Waals surface area (Å²) in [5.74, 6) is 0.157. The third kappa shape index (κ3) is 3.07. The van der Waals surface area contributed by atoms with Gasteiger partial charge in [-0.15, -0.1) is 12.4 Å². The molecule has 3 aliphatic rings. The lowest BCUT2D eigenvalue weighted by Crippen LogP contribution is -2.38. The molecule has 0 unspecified atom stereocenters. The number of sulfone groups is 1. The first-order valence-corrected chi connectivity index (χ1v) is 9.90. The number of nitrogens with one attached hydrogen (secondary N) is 1. The smallest absolute Gasteiger partial charge is 0.227 e. The Bertz CT molecular complexity index is 723. The molecule has 1 N–H and O–H groups in total. The van der Waals surface area contributed by atoms with Crippen molar-refractivity contribution in [3.05, 3.63) is 24.3 Å². The lowest BCUT2D eigenvalue weighted by Gasteiger charge is -2.33. The van der Waals surface area contributed by atoms with Gasteiger partial charge in [0.2, 0.25) is 5.91 Å². The Labute approximate surface area is 149 Å². The highest BCUT2D eigenvalue weighted by Crippen LogP contribution is 2.41. The standard InChI is InChI=1S/C17H22N2O3S.ClH/c20-16-11-17(7-9-18-10-8-17)12-19(16)13-1-3-14(4-2-13)23(21,22)15-5-6-15;/h1-4,15,18H,5-12H2;1H. The maximum Gasteiger partial charge on any atom is 0.227 e. The van der Waals surface area contributed by atoms with Gasteiger partial charge in [-0.25, -0.2) is 8.42 Å². The van der Waals surface area contributed by atoms with Crippen LogP contribution in [-0.4, -0.2) is 39.2 Å². The van der Waals surface area contributed by atoms with Crippen LogP contribution in [0.1, 0.15) is 32.1 Å². The van der Waals surface area contributed by atoms with E-state index in [1.165, 1.54) is 0 Å². The highest BCUT2D eigenvalue weighted by atomic mass is 35.5. The van der Waals surface area contributed by atoms with Crippen molar-refractivity contribution in [2.45, 2.75) is 42.2 Å². The van der Waals surface area contributed by atoms with Crippen LogP contribution >= 0.6 is 12.4 Å². The highest BCUT2D eigenvalue weighted by Gasteiger charge is 2.44. The number of carbonyl (C=O) groups excluding carboxylic acids is 1. The first kappa shape index (κ1) is 17.7. The summed E-state index contributed by atoms with van der Waals surface area (Å²) >= 11 is 0. The zero-order valence-corrected chi connectivity index (χ0v) is 15.2. The van der Waals surface area contributed by atoms with Gasteiger partial charge in [-0.2, -0.15) is 0 Å². The molecule has 1 spiro atoms. The Morgan fingerprint density at radius 1 is 1.08 bits per heavy atom. The molecule has 2 aliphatic heterocycles. The number of anilines is 1. The normalized spacial score (nSPS) is 23.3. The van der Waals surface area contributed by atoms with Crippen molar-refractivity contribution in [3.63, 3.8) is 0 Å². The summed E-state index contributed by atoms with van der Waals surface area (Å²) in [4.78, 5) is 14.6. The minimum Gasteiger partial charge on any atom is -0.317 e. The summed E-state index contributed by atoms with van der Waals surface area (Å²) in [5.41, 5.74) is 0.918. The number of nitrogens with zero attached hydrogens (tertiary/aromatic N) is 1. The fraction of sp³-hybridized carbons (Fsp3) is 0.588. The van der Waals surface area contributed by atoms with Gasteiger partial charge in [-0.05, 0) is 68.5 Å². The molecule has 5 nitrogen and oxygen atoms in total. The van der Waals surface area contributed by atoms with Gasteiger partial charge in [0.15, 0.2) is 9.84 Å². The summed E-state index contributed by atoms with van der Waals surface area (Å²) in [6.45, 7) is 2.70. The van der Waals surface area contributed by atoms with Gasteiger partial charge in [-0.1, -0.05) is 0 Å². The van der Waals surface area contributed by atoms with Crippen molar-refractivity contribution in [1.29, 1.82) is 0 Å². The van der Waals surface area contributed by atoms with Gasteiger partial charge >= 0.3 is 0 Å². The number of hydrogen-bond acceptors (Lipinski definition) is 4. The first-order valence-electron chi connectivity index (χ1n) is 8.35. The molecule has 1 saturated carbocycles. The van der Waals surface area contributed by atoms with Crippen molar-refractivity contribution in [3.8, 4) is 0 Å². The average Bonchev–Trinajstić information content (AvgIpc) is 3.35. The van der Waals surface area contributed by atoms with E-state index in [0.717, 1.165) is 51.0 Å². The second kappa shape index (κ2) is 6.32. The predicted molar refractivity (Wildman–Crippen MR) is 95.4 cm³/mol. The number of hydrogen-bond donors (Lipinski definition) is 1. The fourth-order valence-electron chi connectivity index (χ4n) is 3.81. The Balaban J connectivity index is 0.00000169. The first-order chi connectivity index (χ1) is 11.0. The van der Waals surface area contributed by atoms with Crippen molar-refractivity contribution >= 4 is 33.8 Å². The van der Waals surface area contributed by atoms with Gasteiger partial charge in [0.25, 0.3) is 0 Å². The molecular weight excluding hydrogens is 348 g/mol. The van der Waals surface area contributed by atoms with E-state index >= 15 is 0 Å². The average molecular weight is 371 g/mol. The third-order valence-corrected chi connectivity index (χ3v) is 7.70.